The summed E-state index contributed by atoms with van der Waals surface area (Å²) in [7, 11) is 1.86. The number of halogens is 1. The molecule has 0 radical (unpaired) electrons. The third-order valence-electron chi connectivity index (χ3n) is 6.72. The van der Waals surface area contributed by atoms with Crippen LogP contribution in [0.1, 0.15) is 57.8 Å². The van der Waals surface area contributed by atoms with Crippen LogP contribution in [0.5, 0.6) is 0 Å². The predicted octanol–water partition coefficient (Wildman–Crippen LogP) is 4.10. The van der Waals surface area contributed by atoms with Gasteiger partial charge in [0.25, 0.3) is 11.8 Å². The zero-order valence-electron chi connectivity index (χ0n) is 18.7. The molecule has 0 bridgehead atoms. The third kappa shape index (κ3) is 4.27. The van der Waals surface area contributed by atoms with Crippen molar-refractivity contribution in [3.63, 3.8) is 0 Å². The Kier molecular flexibility index (Phi) is 5.70. The maximum atomic E-state index is 13.4. The maximum Gasteiger partial charge on any atom is 0.272 e. The second kappa shape index (κ2) is 8.81. The van der Waals surface area contributed by atoms with Crippen LogP contribution in [0.25, 0.3) is 11.1 Å². The van der Waals surface area contributed by atoms with E-state index in [9.17, 15) is 14.0 Å². The van der Waals surface area contributed by atoms with Crippen molar-refractivity contribution in [2.24, 2.45) is 7.05 Å². The number of fused-ring (bicyclic) bond motifs is 1. The SMILES string of the molecule is Cn1nc(C(=O)NC2CCCC2)c2c1CCN(C(=O)c1cccc(-c3ccc(F)cc3)c1)C2. The van der Waals surface area contributed by atoms with Crippen LogP contribution in [0.3, 0.4) is 0 Å². The van der Waals surface area contributed by atoms with Gasteiger partial charge < -0.3 is 10.2 Å². The average molecular weight is 447 g/mol. The normalized spacial score (nSPS) is 16.0. The Hall–Kier alpha value is -3.48. The molecule has 3 aromatic rings. The summed E-state index contributed by atoms with van der Waals surface area (Å²) in [6.07, 6.45) is 4.96. The van der Waals surface area contributed by atoms with E-state index in [-0.39, 0.29) is 23.7 Å². The zero-order valence-corrected chi connectivity index (χ0v) is 18.7. The first-order valence-electron chi connectivity index (χ1n) is 11.5. The van der Waals surface area contributed by atoms with E-state index in [0.717, 1.165) is 48.1 Å². The van der Waals surface area contributed by atoms with Crippen LogP contribution in [-0.2, 0) is 20.0 Å². The van der Waals surface area contributed by atoms with Gasteiger partial charge in [-0.05, 0) is 48.2 Å². The Morgan fingerprint density at radius 2 is 1.82 bits per heavy atom. The zero-order chi connectivity index (χ0) is 22.9. The molecule has 33 heavy (non-hydrogen) atoms. The van der Waals surface area contributed by atoms with Crippen molar-refractivity contribution >= 4 is 11.8 Å². The number of nitrogens with one attached hydrogen (secondary N) is 1. The van der Waals surface area contributed by atoms with Gasteiger partial charge in [-0.25, -0.2) is 4.39 Å². The molecule has 1 aromatic heterocycles. The second-order valence-electron chi connectivity index (χ2n) is 8.92. The number of amides is 2. The summed E-state index contributed by atoms with van der Waals surface area (Å²) in [5, 5.41) is 7.62. The Morgan fingerprint density at radius 3 is 2.58 bits per heavy atom. The summed E-state index contributed by atoms with van der Waals surface area (Å²) in [4.78, 5) is 28.1. The van der Waals surface area contributed by atoms with Gasteiger partial charge in [-0.1, -0.05) is 37.1 Å². The number of aromatic nitrogens is 2. The Bertz CT molecular complexity index is 1200. The highest BCUT2D eigenvalue weighted by Crippen LogP contribution is 2.26. The number of hydrogen-bond acceptors (Lipinski definition) is 3. The molecule has 1 fully saturated rings. The number of hydrogen-bond donors (Lipinski definition) is 1. The fourth-order valence-electron chi connectivity index (χ4n) is 4.93. The van der Waals surface area contributed by atoms with E-state index >= 15 is 0 Å². The van der Waals surface area contributed by atoms with Gasteiger partial charge >= 0.3 is 0 Å². The van der Waals surface area contributed by atoms with E-state index in [1.807, 2.05) is 25.2 Å². The number of nitrogens with zero attached hydrogens (tertiary/aromatic N) is 3. The molecule has 1 N–H and O–H groups in total. The molecule has 0 saturated heterocycles. The van der Waals surface area contributed by atoms with Crippen LogP contribution in [0, 0.1) is 5.82 Å². The Balaban J connectivity index is 1.36. The van der Waals surface area contributed by atoms with Crippen molar-refractivity contribution in [1.29, 1.82) is 0 Å². The number of rotatable bonds is 4. The number of benzene rings is 2. The van der Waals surface area contributed by atoms with Crippen molar-refractivity contribution in [2.45, 2.75) is 44.7 Å². The minimum absolute atomic E-state index is 0.0874. The molecule has 2 heterocycles. The van der Waals surface area contributed by atoms with E-state index in [1.54, 1.807) is 27.8 Å². The van der Waals surface area contributed by atoms with Crippen LogP contribution in [0.15, 0.2) is 48.5 Å². The van der Waals surface area contributed by atoms with Gasteiger partial charge in [-0.15, -0.1) is 0 Å². The molecule has 2 aromatic carbocycles. The third-order valence-corrected chi connectivity index (χ3v) is 6.72. The summed E-state index contributed by atoms with van der Waals surface area (Å²) in [6.45, 7) is 0.923. The molecule has 0 spiro atoms. The van der Waals surface area contributed by atoms with E-state index in [2.05, 4.69) is 10.4 Å². The molecule has 170 valence electrons. The Labute approximate surface area is 192 Å². The fraction of sp³-hybridized carbons (Fsp3) is 0.346. The van der Waals surface area contributed by atoms with Gasteiger partial charge in [-0.2, -0.15) is 5.10 Å². The lowest BCUT2D eigenvalue weighted by Crippen LogP contribution is -2.38. The van der Waals surface area contributed by atoms with E-state index in [1.165, 1.54) is 12.1 Å². The quantitative estimate of drug-likeness (QED) is 0.656. The summed E-state index contributed by atoms with van der Waals surface area (Å²) in [5.74, 6) is -0.527. The van der Waals surface area contributed by atoms with Crippen LogP contribution >= 0.6 is 0 Å². The fourth-order valence-corrected chi connectivity index (χ4v) is 4.93. The highest BCUT2D eigenvalue weighted by molar-refractivity contribution is 5.97. The minimum Gasteiger partial charge on any atom is -0.348 e. The van der Waals surface area contributed by atoms with Crippen molar-refractivity contribution < 1.29 is 14.0 Å². The molecule has 2 amide bonds. The van der Waals surface area contributed by atoms with E-state index < -0.39 is 0 Å². The molecule has 2 aliphatic rings. The first-order valence-corrected chi connectivity index (χ1v) is 11.5. The number of carbonyl (C=O) groups excluding carboxylic acids is 2. The molecule has 0 atom stereocenters. The monoisotopic (exact) mass is 446 g/mol. The van der Waals surface area contributed by atoms with Gasteiger partial charge in [0.05, 0.1) is 6.54 Å². The van der Waals surface area contributed by atoms with Crippen molar-refractivity contribution in [3.8, 4) is 11.1 Å². The second-order valence-corrected chi connectivity index (χ2v) is 8.92. The highest BCUT2D eigenvalue weighted by atomic mass is 19.1. The average Bonchev–Trinajstić information content (AvgIpc) is 3.46. The highest BCUT2D eigenvalue weighted by Gasteiger charge is 2.31. The smallest absolute Gasteiger partial charge is 0.272 e. The molecule has 1 saturated carbocycles. The predicted molar refractivity (Wildman–Crippen MR) is 123 cm³/mol. The number of aryl methyl sites for hydroxylation is 1. The molecular weight excluding hydrogens is 419 g/mol. The van der Waals surface area contributed by atoms with Crippen molar-refractivity contribution in [1.82, 2.24) is 20.0 Å². The lowest BCUT2D eigenvalue weighted by Gasteiger charge is -2.28. The van der Waals surface area contributed by atoms with E-state index in [4.69, 9.17) is 0 Å². The van der Waals surface area contributed by atoms with Gasteiger partial charge in [0, 0.05) is 42.9 Å². The van der Waals surface area contributed by atoms with Crippen molar-refractivity contribution in [2.75, 3.05) is 6.54 Å². The number of carbonyl (C=O) groups is 2. The van der Waals surface area contributed by atoms with Crippen LogP contribution in [-0.4, -0.2) is 39.1 Å². The summed E-state index contributed by atoms with van der Waals surface area (Å²) < 4.78 is 15.1. The van der Waals surface area contributed by atoms with Gasteiger partial charge in [-0.3, -0.25) is 14.3 Å². The van der Waals surface area contributed by atoms with E-state index in [0.29, 0.717) is 30.8 Å². The molecule has 6 nitrogen and oxygen atoms in total. The first kappa shape index (κ1) is 21.4. The lowest BCUT2D eigenvalue weighted by molar-refractivity contribution is 0.0730. The molecular formula is C26H27FN4O2. The van der Waals surface area contributed by atoms with Crippen LogP contribution < -0.4 is 5.32 Å². The Morgan fingerprint density at radius 1 is 1.06 bits per heavy atom. The molecule has 1 aliphatic heterocycles. The van der Waals surface area contributed by atoms with Crippen molar-refractivity contribution in [3.05, 3.63) is 76.9 Å². The van der Waals surface area contributed by atoms with Crippen LogP contribution in [0.2, 0.25) is 0 Å². The molecule has 1 aliphatic carbocycles. The van der Waals surface area contributed by atoms with Crippen LogP contribution in [0.4, 0.5) is 4.39 Å². The minimum atomic E-state index is -0.292. The summed E-state index contributed by atoms with van der Waals surface area (Å²) in [6, 6.07) is 13.8. The summed E-state index contributed by atoms with van der Waals surface area (Å²) in [5.41, 5.74) is 4.55. The van der Waals surface area contributed by atoms with Gasteiger partial charge in [0.2, 0.25) is 0 Å². The molecule has 5 rings (SSSR count). The maximum absolute atomic E-state index is 13.4. The first-order chi connectivity index (χ1) is 16.0. The molecule has 7 heteroatoms. The molecule has 0 unspecified atom stereocenters. The standard InChI is InChI=1S/C26H27FN4O2/c1-30-23-13-14-31(16-22(23)24(29-30)25(32)28-21-7-2-3-8-21)26(33)19-6-4-5-18(15-19)17-9-11-20(27)12-10-17/h4-6,9-12,15,21H,2-3,7-8,13-14,16H2,1H3,(H,28,32). The lowest BCUT2D eigenvalue weighted by atomic mass is 10.0. The summed E-state index contributed by atoms with van der Waals surface area (Å²) >= 11 is 0. The van der Waals surface area contributed by atoms with Gasteiger partial charge in [0.1, 0.15) is 5.82 Å². The largest absolute Gasteiger partial charge is 0.348 e. The van der Waals surface area contributed by atoms with Gasteiger partial charge in [0.15, 0.2) is 5.69 Å². The topological polar surface area (TPSA) is 67.2 Å².